The first-order valence-corrected chi connectivity index (χ1v) is 5.04. The Labute approximate surface area is 71.4 Å². The van der Waals surface area contributed by atoms with E-state index in [4.69, 9.17) is 0 Å². The second kappa shape index (κ2) is 3.24. The molecule has 1 rings (SSSR count). The number of hydrogen-bond acceptors (Lipinski definition) is 3. The summed E-state index contributed by atoms with van der Waals surface area (Å²) in [6.45, 7) is 2.56. The summed E-state index contributed by atoms with van der Waals surface area (Å²) >= 11 is 0. The third-order valence-corrected chi connectivity index (χ3v) is 2.88. The zero-order chi connectivity index (χ0) is 9.19. The van der Waals surface area contributed by atoms with Crippen LogP contribution in [-0.4, -0.2) is 25.2 Å². The molecule has 0 radical (unpaired) electrons. The smallest absolute Gasteiger partial charge is 0.243 e. The summed E-state index contributed by atoms with van der Waals surface area (Å²) in [5, 5.41) is 3.85. The zero-order valence-electron chi connectivity index (χ0n) is 6.98. The van der Waals surface area contributed by atoms with Crippen LogP contribution in [0.3, 0.4) is 0 Å². The average Bonchev–Trinajstić information content (AvgIpc) is 2.52. The van der Waals surface area contributed by atoms with Crippen molar-refractivity contribution in [2.75, 3.05) is 7.05 Å². The second-order valence-electron chi connectivity index (χ2n) is 2.24. The Morgan fingerprint density at radius 3 is 2.75 bits per heavy atom. The lowest BCUT2D eigenvalue weighted by molar-refractivity contribution is 0.587. The van der Waals surface area contributed by atoms with Gasteiger partial charge in [-0.1, -0.05) is 0 Å². The van der Waals surface area contributed by atoms with Crippen molar-refractivity contribution in [2.45, 2.75) is 18.4 Å². The molecule has 0 atom stereocenters. The fourth-order valence-electron chi connectivity index (χ4n) is 0.774. The highest BCUT2D eigenvalue weighted by Crippen LogP contribution is 2.05. The van der Waals surface area contributed by atoms with Gasteiger partial charge in [-0.05, 0) is 14.0 Å². The van der Waals surface area contributed by atoms with Crippen molar-refractivity contribution in [3.63, 3.8) is 0 Å². The van der Waals surface area contributed by atoms with Gasteiger partial charge in [-0.15, -0.1) is 0 Å². The maximum atomic E-state index is 11.2. The van der Waals surface area contributed by atoms with Crippen molar-refractivity contribution in [1.29, 1.82) is 0 Å². The highest BCUT2D eigenvalue weighted by Gasteiger charge is 2.12. The molecule has 0 fully saturated rings. The van der Waals surface area contributed by atoms with Gasteiger partial charge in [-0.25, -0.2) is 13.1 Å². The van der Waals surface area contributed by atoms with Crippen LogP contribution in [0.2, 0.25) is 0 Å². The van der Waals surface area contributed by atoms with E-state index in [2.05, 4.69) is 9.82 Å². The predicted molar refractivity (Wildman–Crippen MR) is 44.1 cm³/mol. The van der Waals surface area contributed by atoms with Crippen LogP contribution in [0.25, 0.3) is 0 Å². The van der Waals surface area contributed by atoms with Crippen molar-refractivity contribution < 1.29 is 8.42 Å². The van der Waals surface area contributed by atoms with E-state index in [9.17, 15) is 8.42 Å². The summed E-state index contributed by atoms with van der Waals surface area (Å²) < 4.78 is 26.1. The van der Waals surface area contributed by atoms with Crippen molar-refractivity contribution in [1.82, 2.24) is 14.5 Å². The minimum atomic E-state index is -3.32. The van der Waals surface area contributed by atoms with Gasteiger partial charge in [0.05, 0.1) is 6.20 Å². The molecule has 0 bridgehead atoms. The molecule has 0 aliphatic heterocycles. The number of nitrogens with zero attached hydrogens (tertiary/aromatic N) is 2. The molecule has 6 heteroatoms. The van der Waals surface area contributed by atoms with Gasteiger partial charge in [-0.2, -0.15) is 5.10 Å². The van der Waals surface area contributed by atoms with E-state index < -0.39 is 10.0 Å². The van der Waals surface area contributed by atoms with E-state index in [0.29, 0.717) is 6.54 Å². The zero-order valence-corrected chi connectivity index (χ0v) is 7.80. The molecule has 0 amide bonds. The van der Waals surface area contributed by atoms with Gasteiger partial charge in [-0.3, -0.25) is 4.68 Å². The highest BCUT2D eigenvalue weighted by molar-refractivity contribution is 7.89. The fraction of sp³-hybridized carbons (Fsp3) is 0.500. The molecule has 1 N–H and O–H groups in total. The Hall–Kier alpha value is -0.880. The Kier molecular flexibility index (Phi) is 2.49. The quantitative estimate of drug-likeness (QED) is 0.717. The van der Waals surface area contributed by atoms with E-state index in [-0.39, 0.29) is 4.90 Å². The minimum Gasteiger partial charge on any atom is -0.272 e. The van der Waals surface area contributed by atoms with Crippen LogP contribution in [0, 0.1) is 0 Å². The van der Waals surface area contributed by atoms with E-state index in [1.807, 2.05) is 6.92 Å². The van der Waals surface area contributed by atoms with Crippen LogP contribution in [0.4, 0.5) is 0 Å². The molecule has 0 aliphatic rings. The summed E-state index contributed by atoms with van der Waals surface area (Å²) in [6, 6.07) is 0. The van der Waals surface area contributed by atoms with Gasteiger partial charge in [0.25, 0.3) is 0 Å². The topological polar surface area (TPSA) is 64.0 Å². The lowest BCUT2D eigenvalue weighted by Gasteiger charge is -1.95. The lowest BCUT2D eigenvalue weighted by Crippen LogP contribution is -2.17. The number of hydrogen-bond donors (Lipinski definition) is 1. The maximum absolute atomic E-state index is 11.2. The monoisotopic (exact) mass is 189 g/mol. The van der Waals surface area contributed by atoms with Crippen LogP contribution < -0.4 is 4.72 Å². The van der Waals surface area contributed by atoms with Crippen molar-refractivity contribution in [2.24, 2.45) is 0 Å². The molecule has 1 heterocycles. The van der Waals surface area contributed by atoms with Crippen LogP contribution in [0.5, 0.6) is 0 Å². The first kappa shape index (κ1) is 9.21. The van der Waals surface area contributed by atoms with Gasteiger partial charge in [0, 0.05) is 12.7 Å². The standard InChI is InChI=1S/C6H11N3O2S/c1-3-9-5-6(4-8-9)12(10,11)7-2/h4-5,7H,3H2,1-2H3. The molecule has 1 aromatic heterocycles. The van der Waals surface area contributed by atoms with Crippen molar-refractivity contribution in [3.8, 4) is 0 Å². The number of rotatable bonds is 3. The molecule has 0 saturated carbocycles. The number of aryl methyl sites for hydroxylation is 1. The lowest BCUT2D eigenvalue weighted by atomic mass is 10.7. The summed E-state index contributed by atoms with van der Waals surface area (Å²) in [5.41, 5.74) is 0. The second-order valence-corrected chi connectivity index (χ2v) is 4.13. The van der Waals surface area contributed by atoms with E-state index in [1.54, 1.807) is 4.68 Å². The molecule has 0 aliphatic carbocycles. The molecule has 0 spiro atoms. The molecule has 12 heavy (non-hydrogen) atoms. The number of sulfonamides is 1. The molecule has 68 valence electrons. The van der Waals surface area contributed by atoms with E-state index in [0.717, 1.165) is 0 Å². The van der Waals surface area contributed by atoms with Crippen LogP contribution >= 0.6 is 0 Å². The van der Waals surface area contributed by atoms with Crippen molar-refractivity contribution >= 4 is 10.0 Å². The third-order valence-electron chi connectivity index (χ3n) is 1.51. The average molecular weight is 189 g/mol. The van der Waals surface area contributed by atoms with Crippen LogP contribution in [0.15, 0.2) is 17.3 Å². The summed E-state index contributed by atoms with van der Waals surface area (Å²) in [5.74, 6) is 0. The summed E-state index contributed by atoms with van der Waals surface area (Å²) in [7, 11) is -1.95. The van der Waals surface area contributed by atoms with Crippen molar-refractivity contribution in [3.05, 3.63) is 12.4 Å². The largest absolute Gasteiger partial charge is 0.272 e. The Balaban J connectivity index is 3.05. The number of aromatic nitrogens is 2. The van der Waals surface area contributed by atoms with E-state index >= 15 is 0 Å². The predicted octanol–water partition coefficient (Wildman–Crippen LogP) is -0.189. The van der Waals surface area contributed by atoms with Gasteiger partial charge in [0.1, 0.15) is 4.90 Å². The third kappa shape index (κ3) is 1.64. The summed E-state index contributed by atoms with van der Waals surface area (Å²) in [4.78, 5) is 0.201. The summed E-state index contributed by atoms with van der Waals surface area (Å²) in [6.07, 6.45) is 2.82. The fourth-order valence-corrected chi connectivity index (χ4v) is 1.46. The first-order chi connectivity index (χ1) is 5.60. The molecule has 0 unspecified atom stereocenters. The van der Waals surface area contributed by atoms with Crippen LogP contribution in [0.1, 0.15) is 6.92 Å². The van der Waals surface area contributed by atoms with Gasteiger partial charge < -0.3 is 0 Å². The van der Waals surface area contributed by atoms with Gasteiger partial charge in [0.2, 0.25) is 10.0 Å². The van der Waals surface area contributed by atoms with Gasteiger partial charge >= 0.3 is 0 Å². The van der Waals surface area contributed by atoms with Crippen LogP contribution in [-0.2, 0) is 16.6 Å². The highest BCUT2D eigenvalue weighted by atomic mass is 32.2. The molecule has 1 aromatic rings. The Morgan fingerprint density at radius 1 is 1.67 bits per heavy atom. The van der Waals surface area contributed by atoms with Gasteiger partial charge in [0.15, 0.2) is 0 Å². The minimum absolute atomic E-state index is 0.201. The van der Waals surface area contributed by atoms with E-state index in [1.165, 1.54) is 19.4 Å². The SMILES string of the molecule is CCn1cc(S(=O)(=O)NC)cn1. The first-order valence-electron chi connectivity index (χ1n) is 3.56. The normalized spacial score (nSPS) is 11.8. The maximum Gasteiger partial charge on any atom is 0.243 e. The molecular formula is C6H11N3O2S. The molecule has 0 saturated heterocycles. The molecule has 0 aromatic carbocycles. The molecule has 5 nitrogen and oxygen atoms in total. The molecular weight excluding hydrogens is 178 g/mol. The number of nitrogens with one attached hydrogen (secondary N) is 1. The Bertz CT molecular complexity index is 355. The Morgan fingerprint density at radius 2 is 2.33 bits per heavy atom.